The number of imidazole rings is 1. The van der Waals surface area contributed by atoms with Crippen molar-refractivity contribution in [3.8, 4) is 5.75 Å². The summed E-state index contributed by atoms with van der Waals surface area (Å²) in [5, 5.41) is 3.46. The number of hydrogen-bond donors (Lipinski definition) is 1. The third kappa shape index (κ3) is 1.55. The Morgan fingerprint density at radius 2 is 2.50 bits per heavy atom. The third-order valence-corrected chi connectivity index (χ3v) is 3.10. The van der Waals surface area contributed by atoms with Gasteiger partial charge in [-0.2, -0.15) is 0 Å². The van der Waals surface area contributed by atoms with E-state index in [2.05, 4.69) is 16.5 Å². The molecule has 0 amide bonds. The molecule has 2 aromatic rings. The van der Waals surface area contributed by atoms with Crippen LogP contribution >= 0.6 is 0 Å². The number of hydrogen-bond acceptors (Lipinski definition) is 3. The second-order valence-corrected chi connectivity index (χ2v) is 4.15. The average molecular weight is 217 g/mol. The lowest BCUT2D eigenvalue weighted by molar-refractivity contribution is 0.414. The summed E-state index contributed by atoms with van der Waals surface area (Å²) >= 11 is 0. The van der Waals surface area contributed by atoms with Crippen molar-refractivity contribution >= 4 is 5.65 Å². The van der Waals surface area contributed by atoms with Gasteiger partial charge in [-0.1, -0.05) is 0 Å². The van der Waals surface area contributed by atoms with E-state index in [0.29, 0.717) is 6.04 Å². The van der Waals surface area contributed by atoms with Gasteiger partial charge in [0.05, 0.1) is 18.8 Å². The second-order valence-electron chi connectivity index (χ2n) is 4.15. The van der Waals surface area contributed by atoms with Crippen molar-refractivity contribution in [2.45, 2.75) is 18.9 Å². The van der Waals surface area contributed by atoms with Crippen LogP contribution in [0.4, 0.5) is 0 Å². The number of aromatic nitrogens is 2. The molecule has 3 rings (SSSR count). The highest BCUT2D eigenvalue weighted by molar-refractivity contribution is 5.46. The van der Waals surface area contributed by atoms with Gasteiger partial charge in [0.2, 0.25) is 0 Å². The van der Waals surface area contributed by atoms with Crippen LogP contribution < -0.4 is 10.1 Å². The fraction of sp³-hybridized carbons (Fsp3) is 0.417. The standard InChI is InChI=1S/C12H15N3O/c1-16-9-4-6-15-8-11(14-12(15)7-9)10-3-2-5-13-10/h4,6-8,10,13H,2-3,5H2,1H3. The molecule has 2 aromatic heterocycles. The highest BCUT2D eigenvalue weighted by atomic mass is 16.5. The van der Waals surface area contributed by atoms with Crippen LogP contribution in [0, 0.1) is 0 Å². The van der Waals surface area contributed by atoms with Gasteiger partial charge in [-0.25, -0.2) is 4.98 Å². The second kappa shape index (κ2) is 3.79. The molecule has 1 aliphatic heterocycles. The topological polar surface area (TPSA) is 38.6 Å². The zero-order valence-electron chi connectivity index (χ0n) is 9.31. The number of fused-ring (bicyclic) bond motifs is 1. The molecule has 1 aliphatic rings. The fourth-order valence-corrected chi connectivity index (χ4v) is 2.21. The normalized spacial score (nSPS) is 20.4. The molecule has 84 valence electrons. The first-order valence-electron chi connectivity index (χ1n) is 5.63. The first-order valence-corrected chi connectivity index (χ1v) is 5.63. The highest BCUT2D eigenvalue weighted by Crippen LogP contribution is 2.23. The number of ether oxygens (including phenoxy) is 1. The molecule has 0 saturated carbocycles. The molecule has 0 radical (unpaired) electrons. The van der Waals surface area contributed by atoms with Gasteiger partial charge in [0.15, 0.2) is 0 Å². The number of pyridine rings is 1. The Kier molecular flexibility index (Phi) is 2.29. The SMILES string of the molecule is COc1ccn2cc(C3CCCN3)nc2c1. The first kappa shape index (κ1) is 9.66. The lowest BCUT2D eigenvalue weighted by atomic mass is 10.2. The van der Waals surface area contributed by atoms with E-state index in [4.69, 9.17) is 4.74 Å². The van der Waals surface area contributed by atoms with Crippen molar-refractivity contribution in [3.63, 3.8) is 0 Å². The molecule has 0 aliphatic carbocycles. The number of nitrogens with zero attached hydrogens (tertiary/aromatic N) is 2. The predicted octanol–water partition coefficient (Wildman–Crippen LogP) is 1.77. The number of rotatable bonds is 2. The van der Waals surface area contributed by atoms with Crippen LogP contribution in [0.1, 0.15) is 24.6 Å². The Morgan fingerprint density at radius 3 is 3.25 bits per heavy atom. The average Bonchev–Trinajstić information content (AvgIpc) is 2.96. The Bertz CT molecular complexity index is 500. The van der Waals surface area contributed by atoms with Gasteiger partial charge < -0.3 is 14.5 Å². The Morgan fingerprint density at radius 1 is 1.56 bits per heavy atom. The maximum absolute atomic E-state index is 5.19. The van der Waals surface area contributed by atoms with Gasteiger partial charge in [-0.05, 0) is 25.5 Å². The summed E-state index contributed by atoms with van der Waals surface area (Å²) in [5.41, 5.74) is 2.08. The van der Waals surface area contributed by atoms with Crippen LogP contribution in [-0.4, -0.2) is 23.0 Å². The Balaban J connectivity index is 2.01. The molecule has 1 fully saturated rings. The fourth-order valence-electron chi connectivity index (χ4n) is 2.21. The lowest BCUT2D eigenvalue weighted by Crippen LogP contribution is -2.12. The third-order valence-electron chi connectivity index (χ3n) is 3.10. The Labute approximate surface area is 94.3 Å². The number of nitrogens with one attached hydrogen (secondary N) is 1. The van der Waals surface area contributed by atoms with E-state index in [-0.39, 0.29) is 0 Å². The van der Waals surface area contributed by atoms with Crippen molar-refractivity contribution in [2.75, 3.05) is 13.7 Å². The molecule has 0 spiro atoms. The van der Waals surface area contributed by atoms with E-state index in [0.717, 1.165) is 23.6 Å². The largest absolute Gasteiger partial charge is 0.497 e. The van der Waals surface area contributed by atoms with E-state index in [1.807, 2.05) is 22.7 Å². The summed E-state index contributed by atoms with van der Waals surface area (Å²) in [6.07, 6.45) is 6.50. The maximum Gasteiger partial charge on any atom is 0.140 e. The minimum Gasteiger partial charge on any atom is -0.497 e. The zero-order chi connectivity index (χ0) is 11.0. The van der Waals surface area contributed by atoms with Crippen molar-refractivity contribution in [2.24, 2.45) is 0 Å². The lowest BCUT2D eigenvalue weighted by Gasteiger charge is -2.04. The van der Waals surface area contributed by atoms with Gasteiger partial charge in [0.1, 0.15) is 11.4 Å². The molecule has 0 aromatic carbocycles. The summed E-state index contributed by atoms with van der Waals surface area (Å²) < 4.78 is 7.23. The predicted molar refractivity (Wildman–Crippen MR) is 61.7 cm³/mol. The molecule has 4 nitrogen and oxygen atoms in total. The molecule has 1 saturated heterocycles. The smallest absolute Gasteiger partial charge is 0.140 e. The van der Waals surface area contributed by atoms with Crippen LogP contribution in [0.2, 0.25) is 0 Å². The quantitative estimate of drug-likeness (QED) is 0.833. The van der Waals surface area contributed by atoms with Gasteiger partial charge in [-0.15, -0.1) is 0 Å². The van der Waals surface area contributed by atoms with Gasteiger partial charge in [0, 0.05) is 18.5 Å². The molecule has 1 unspecified atom stereocenters. The van der Waals surface area contributed by atoms with Crippen LogP contribution in [-0.2, 0) is 0 Å². The summed E-state index contributed by atoms with van der Waals surface area (Å²) in [6.45, 7) is 1.10. The summed E-state index contributed by atoms with van der Waals surface area (Å²) in [7, 11) is 1.67. The van der Waals surface area contributed by atoms with Gasteiger partial charge in [0.25, 0.3) is 0 Å². The van der Waals surface area contributed by atoms with E-state index in [1.54, 1.807) is 7.11 Å². The summed E-state index contributed by atoms with van der Waals surface area (Å²) in [4.78, 5) is 4.62. The number of methoxy groups -OCH3 is 1. The van der Waals surface area contributed by atoms with Crippen LogP contribution in [0.15, 0.2) is 24.5 Å². The molecule has 16 heavy (non-hydrogen) atoms. The van der Waals surface area contributed by atoms with E-state index in [9.17, 15) is 0 Å². The molecule has 0 bridgehead atoms. The van der Waals surface area contributed by atoms with Gasteiger partial charge in [-0.3, -0.25) is 0 Å². The van der Waals surface area contributed by atoms with Crippen LogP contribution in [0.3, 0.4) is 0 Å². The molecule has 1 atom stereocenters. The zero-order valence-corrected chi connectivity index (χ0v) is 9.31. The molecular formula is C12H15N3O. The molecule has 3 heterocycles. The van der Waals surface area contributed by atoms with Crippen molar-refractivity contribution < 1.29 is 4.74 Å². The van der Waals surface area contributed by atoms with Gasteiger partial charge >= 0.3 is 0 Å². The highest BCUT2D eigenvalue weighted by Gasteiger charge is 2.18. The van der Waals surface area contributed by atoms with E-state index in [1.165, 1.54) is 12.8 Å². The maximum atomic E-state index is 5.19. The summed E-state index contributed by atoms with van der Waals surface area (Å²) in [5.74, 6) is 0.851. The molecular weight excluding hydrogens is 202 g/mol. The van der Waals surface area contributed by atoms with Crippen molar-refractivity contribution in [1.29, 1.82) is 0 Å². The minimum atomic E-state index is 0.422. The van der Waals surface area contributed by atoms with Crippen molar-refractivity contribution in [3.05, 3.63) is 30.2 Å². The van der Waals surface area contributed by atoms with E-state index < -0.39 is 0 Å². The Hall–Kier alpha value is -1.55. The monoisotopic (exact) mass is 217 g/mol. The van der Waals surface area contributed by atoms with Crippen LogP contribution in [0.5, 0.6) is 5.75 Å². The molecule has 1 N–H and O–H groups in total. The molecule has 4 heteroatoms. The van der Waals surface area contributed by atoms with Crippen LogP contribution in [0.25, 0.3) is 5.65 Å². The summed E-state index contributed by atoms with van der Waals surface area (Å²) in [6, 6.07) is 4.32. The van der Waals surface area contributed by atoms with E-state index >= 15 is 0 Å². The minimum absolute atomic E-state index is 0.422. The first-order chi connectivity index (χ1) is 7.86. The van der Waals surface area contributed by atoms with Crippen molar-refractivity contribution in [1.82, 2.24) is 14.7 Å².